The largest absolute Gasteiger partial charge is 0.371 e. The van der Waals surface area contributed by atoms with Gasteiger partial charge in [0.15, 0.2) is 5.82 Å². The molecule has 6 heteroatoms. The third kappa shape index (κ3) is 3.84. The number of fused-ring (bicyclic) bond motifs is 2. The lowest BCUT2D eigenvalue weighted by Gasteiger charge is -2.28. The quantitative estimate of drug-likeness (QED) is 0.362. The van der Waals surface area contributed by atoms with Crippen LogP contribution in [0.25, 0.3) is 45.0 Å². The Kier molecular flexibility index (Phi) is 5.58. The molecule has 0 amide bonds. The molecule has 6 rings (SSSR count). The molecule has 0 aliphatic carbocycles. The van der Waals surface area contributed by atoms with Gasteiger partial charge in [0.1, 0.15) is 11.5 Å². The molecule has 32 heavy (non-hydrogen) atoms. The van der Waals surface area contributed by atoms with E-state index in [1.807, 2.05) is 38.1 Å². The predicted molar refractivity (Wildman–Crippen MR) is 132 cm³/mol. The average Bonchev–Trinajstić information content (AvgIpc) is 3.50. The summed E-state index contributed by atoms with van der Waals surface area (Å²) in [5, 5.41) is 0. The molecule has 0 unspecified atom stereocenters. The van der Waals surface area contributed by atoms with E-state index in [0.717, 1.165) is 58.1 Å². The second kappa shape index (κ2) is 8.83. The number of anilines is 1. The minimum Gasteiger partial charge on any atom is -0.371 e. The van der Waals surface area contributed by atoms with Gasteiger partial charge in [0.05, 0.1) is 22.1 Å². The molecule has 5 aromatic rings. The molecule has 0 radical (unpaired) electrons. The van der Waals surface area contributed by atoms with Crippen LogP contribution < -0.4 is 4.90 Å². The van der Waals surface area contributed by atoms with Gasteiger partial charge < -0.3 is 14.9 Å². The molecule has 0 atom stereocenters. The van der Waals surface area contributed by atoms with Crippen LogP contribution in [0.4, 0.5) is 5.69 Å². The fourth-order valence-electron chi connectivity index (χ4n) is 4.26. The summed E-state index contributed by atoms with van der Waals surface area (Å²) in [6.45, 7) is 6.28. The number of pyridine rings is 1. The second-order valence-corrected chi connectivity index (χ2v) is 7.87. The number of benzene rings is 2. The van der Waals surface area contributed by atoms with Crippen LogP contribution >= 0.6 is 0 Å². The second-order valence-electron chi connectivity index (χ2n) is 7.87. The molecule has 4 heterocycles. The van der Waals surface area contributed by atoms with Crippen molar-refractivity contribution in [2.24, 2.45) is 0 Å². The van der Waals surface area contributed by atoms with E-state index in [0.29, 0.717) is 0 Å². The molecular formula is C26H28N6. The van der Waals surface area contributed by atoms with Crippen molar-refractivity contribution in [1.82, 2.24) is 24.9 Å². The van der Waals surface area contributed by atoms with Crippen molar-refractivity contribution in [3.05, 3.63) is 60.8 Å². The number of piperidine rings is 1. The van der Waals surface area contributed by atoms with Gasteiger partial charge in [-0.1, -0.05) is 19.9 Å². The molecule has 3 aromatic heterocycles. The van der Waals surface area contributed by atoms with Crippen LogP contribution in [-0.4, -0.2) is 38.0 Å². The summed E-state index contributed by atoms with van der Waals surface area (Å²) in [6, 6.07) is 18.5. The first-order valence-electron chi connectivity index (χ1n) is 11.5. The Morgan fingerprint density at radius 3 is 2.25 bits per heavy atom. The summed E-state index contributed by atoms with van der Waals surface area (Å²) in [4.78, 5) is 23.2. The van der Waals surface area contributed by atoms with Crippen LogP contribution in [0, 0.1) is 0 Å². The van der Waals surface area contributed by atoms with Gasteiger partial charge >= 0.3 is 0 Å². The van der Waals surface area contributed by atoms with Crippen molar-refractivity contribution >= 4 is 27.8 Å². The van der Waals surface area contributed by atoms with Crippen molar-refractivity contribution in [3.63, 3.8) is 0 Å². The Balaban J connectivity index is 0.00000105. The van der Waals surface area contributed by atoms with Gasteiger partial charge in [0, 0.05) is 30.5 Å². The van der Waals surface area contributed by atoms with Crippen molar-refractivity contribution in [2.75, 3.05) is 18.0 Å². The average molecular weight is 425 g/mol. The number of nitrogens with zero attached hydrogens (tertiary/aromatic N) is 4. The van der Waals surface area contributed by atoms with E-state index in [-0.39, 0.29) is 0 Å². The highest BCUT2D eigenvalue weighted by molar-refractivity contribution is 5.86. The maximum Gasteiger partial charge on any atom is 0.157 e. The van der Waals surface area contributed by atoms with Crippen molar-refractivity contribution in [3.8, 4) is 22.9 Å². The molecule has 1 aliphatic heterocycles. The zero-order valence-electron chi connectivity index (χ0n) is 18.6. The Bertz CT molecular complexity index is 1330. The Labute approximate surface area is 187 Å². The zero-order valence-corrected chi connectivity index (χ0v) is 18.6. The van der Waals surface area contributed by atoms with Gasteiger partial charge in [-0.25, -0.2) is 9.97 Å². The molecule has 0 bridgehead atoms. The monoisotopic (exact) mass is 424 g/mol. The number of hydrogen-bond donors (Lipinski definition) is 2. The lowest BCUT2D eigenvalue weighted by molar-refractivity contribution is 0.578. The van der Waals surface area contributed by atoms with Crippen LogP contribution in [0.1, 0.15) is 33.1 Å². The number of rotatable bonds is 3. The molecule has 1 fully saturated rings. The number of nitrogens with one attached hydrogen (secondary N) is 2. The molecule has 2 aromatic carbocycles. The highest BCUT2D eigenvalue weighted by Gasteiger charge is 2.14. The number of H-pyrrole nitrogens is 2. The summed E-state index contributed by atoms with van der Waals surface area (Å²) in [5.41, 5.74) is 7.11. The Morgan fingerprint density at radius 2 is 1.47 bits per heavy atom. The number of aromatic amines is 2. The van der Waals surface area contributed by atoms with Crippen LogP contribution in [-0.2, 0) is 0 Å². The van der Waals surface area contributed by atoms with Crippen molar-refractivity contribution in [2.45, 2.75) is 33.1 Å². The van der Waals surface area contributed by atoms with E-state index >= 15 is 0 Å². The van der Waals surface area contributed by atoms with Gasteiger partial charge in [0.25, 0.3) is 0 Å². The normalized spacial score (nSPS) is 13.9. The van der Waals surface area contributed by atoms with Gasteiger partial charge in [0.2, 0.25) is 0 Å². The molecule has 2 N–H and O–H groups in total. The lowest BCUT2D eigenvalue weighted by Crippen LogP contribution is -2.29. The molecule has 1 aliphatic rings. The fourth-order valence-corrected chi connectivity index (χ4v) is 4.26. The van der Waals surface area contributed by atoms with Crippen LogP contribution in [0.5, 0.6) is 0 Å². The minimum absolute atomic E-state index is 0.776. The number of hydrogen-bond acceptors (Lipinski definition) is 4. The van der Waals surface area contributed by atoms with Crippen LogP contribution in [0.2, 0.25) is 0 Å². The Hall–Kier alpha value is -3.67. The lowest BCUT2D eigenvalue weighted by atomic mass is 10.1. The standard InChI is InChI=1S/C24H22N6.C2H6/c1-4-12-30(13-5-1)17-8-10-19-22(15-17)28-23(26-19)16-7-9-18-21(14-16)29-24(27-18)20-6-2-3-11-25-20;1-2/h2-3,6-11,14-15H,1,4-5,12-13H2,(H,26,28)(H,27,29);1-2H3. The highest BCUT2D eigenvalue weighted by atomic mass is 15.1. The van der Waals surface area contributed by atoms with E-state index in [2.05, 4.69) is 55.2 Å². The molecule has 0 spiro atoms. The highest BCUT2D eigenvalue weighted by Crippen LogP contribution is 2.28. The van der Waals surface area contributed by atoms with Crippen molar-refractivity contribution < 1.29 is 0 Å². The van der Waals surface area contributed by atoms with Crippen LogP contribution in [0.3, 0.4) is 0 Å². The maximum atomic E-state index is 4.82. The van der Waals surface area contributed by atoms with E-state index in [1.165, 1.54) is 24.9 Å². The van der Waals surface area contributed by atoms with E-state index < -0.39 is 0 Å². The minimum atomic E-state index is 0.776. The SMILES string of the molecule is CC.c1ccc(-c2nc3ccc(-c4nc5ccc(N6CCCCC6)cc5[nH]4)cc3[nH]2)nc1. The number of aromatic nitrogens is 5. The van der Waals surface area contributed by atoms with Gasteiger partial charge in [-0.05, 0) is 67.8 Å². The maximum absolute atomic E-state index is 4.82. The summed E-state index contributed by atoms with van der Waals surface area (Å²) < 4.78 is 0. The summed E-state index contributed by atoms with van der Waals surface area (Å²) in [5.74, 6) is 1.65. The van der Waals surface area contributed by atoms with Gasteiger partial charge in [-0.15, -0.1) is 0 Å². The van der Waals surface area contributed by atoms with E-state index in [9.17, 15) is 0 Å². The fraction of sp³-hybridized carbons (Fsp3) is 0.269. The third-order valence-electron chi connectivity index (χ3n) is 5.85. The molecule has 1 saturated heterocycles. The first-order valence-corrected chi connectivity index (χ1v) is 11.5. The predicted octanol–water partition coefficient (Wildman–Crippen LogP) is 6.18. The summed E-state index contributed by atoms with van der Waals surface area (Å²) >= 11 is 0. The first-order chi connectivity index (χ1) is 15.8. The third-order valence-corrected chi connectivity index (χ3v) is 5.85. The topological polar surface area (TPSA) is 73.5 Å². The molecular weight excluding hydrogens is 396 g/mol. The summed E-state index contributed by atoms with van der Waals surface area (Å²) in [6.07, 6.45) is 5.67. The van der Waals surface area contributed by atoms with Crippen LogP contribution in [0.15, 0.2) is 60.8 Å². The first kappa shape index (κ1) is 20.2. The number of imidazole rings is 2. The van der Waals surface area contributed by atoms with Gasteiger partial charge in [-0.2, -0.15) is 0 Å². The smallest absolute Gasteiger partial charge is 0.157 e. The summed E-state index contributed by atoms with van der Waals surface area (Å²) in [7, 11) is 0. The van der Waals surface area contributed by atoms with E-state index in [1.54, 1.807) is 6.20 Å². The molecule has 162 valence electrons. The zero-order chi connectivity index (χ0) is 21.9. The molecule has 0 saturated carbocycles. The van der Waals surface area contributed by atoms with Crippen molar-refractivity contribution in [1.29, 1.82) is 0 Å². The van der Waals surface area contributed by atoms with E-state index in [4.69, 9.17) is 4.98 Å². The Morgan fingerprint density at radius 1 is 0.750 bits per heavy atom. The van der Waals surface area contributed by atoms with Gasteiger partial charge in [-0.3, -0.25) is 4.98 Å². The molecule has 6 nitrogen and oxygen atoms in total.